The molecule has 0 saturated carbocycles. The van der Waals surface area contributed by atoms with Gasteiger partial charge in [-0.2, -0.15) is 0 Å². The number of hydrogen-bond donors (Lipinski definition) is 2. The minimum atomic E-state index is -0.780. The van der Waals surface area contributed by atoms with E-state index in [-0.39, 0.29) is 24.1 Å². The quantitative estimate of drug-likeness (QED) is 0.254. The fraction of sp³-hybridized carbons (Fsp3) is 0.278. The first kappa shape index (κ1) is 28.1. The monoisotopic (exact) mass is 588 g/mol. The van der Waals surface area contributed by atoms with Crippen LogP contribution in [0.1, 0.15) is 70.5 Å². The topological polar surface area (TPSA) is 88.7 Å². The van der Waals surface area contributed by atoms with Crippen molar-refractivity contribution in [1.29, 1.82) is 0 Å². The molecule has 3 aliphatic heterocycles. The lowest BCUT2D eigenvalue weighted by atomic mass is 9.95. The molecule has 5 heterocycles. The zero-order chi connectivity index (χ0) is 30.9. The van der Waals surface area contributed by atoms with E-state index < -0.39 is 5.72 Å². The van der Waals surface area contributed by atoms with Gasteiger partial charge in [0.25, 0.3) is 11.8 Å². The van der Waals surface area contributed by atoms with E-state index in [0.29, 0.717) is 24.9 Å². The number of aliphatic hydroxyl groups is 1. The molecule has 2 N–H and O–H groups in total. The summed E-state index contributed by atoms with van der Waals surface area (Å²) in [6, 6.07) is 17.7. The van der Waals surface area contributed by atoms with Crippen molar-refractivity contribution in [2.75, 3.05) is 14.2 Å². The number of para-hydroxylation sites is 1. The van der Waals surface area contributed by atoms with Crippen LogP contribution < -0.4 is 5.32 Å². The Morgan fingerprint density at radius 2 is 1.84 bits per heavy atom. The molecular formula is C36H36N4O4. The average Bonchev–Trinajstić information content (AvgIpc) is 3.69. The molecular weight excluding hydrogens is 552 g/mol. The molecule has 2 aromatic heterocycles. The highest BCUT2D eigenvalue weighted by Gasteiger charge is 2.48. The number of rotatable bonds is 4. The van der Waals surface area contributed by atoms with E-state index in [4.69, 9.17) is 9.84 Å². The maximum atomic E-state index is 13.7. The molecule has 3 aromatic carbocycles. The van der Waals surface area contributed by atoms with Crippen molar-refractivity contribution in [3.05, 3.63) is 95.2 Å². The third kappa shape index (κ3) is 3.64. The van der Waals surface area contributed by atoms with Crippen LogP contribution in [0.4, 0.5) is 0 Å². The first-order valence-electron chi connectivity index (χ1n) is 15.0. The van der Waals surface area contributed by atoms with Gasteiger partial charge in [0.2, 0.25) is 0 Å². The highest BCUT2D eigenvalue weighted by Crippen LogP contribution is 2.53. The van der Waals surface area contributed by atoms with Gasteiger partial charge in [0.15, 0.2) is 0 Å². The van der Waals surface area contributed by atoms with Crippen molar-refractivity contribution in [3.63, 3.8) is 0 Å². The largest absolute Gasteiger partial charge is 0.400 e. The molecule has 0 aliphatic carbocycles. The number of ether oxygens (including phenoxy) is 1. The van der Waals surface area contributed by atoms with Crippen molar-refractivity contribution >= 4 is 56.7 Å². The molecule has 5 aromatic rings. The summed E-state index contributed by atoms with van der Waals surface area (Å²) in [5.74, 6) is -0.0470. The summed E-state index contributed by atoms with van der Waals surface area (Å²) in [4.78, 5) is 29.1. The van der Waals surface area contributed by atoms with Gasteiger partial charge in [-0.25, -0.2) is 0 Å². The molecule has 2 amide bonds. The summed E-state index contributed by atoms with van der Waals surface area (Å²) in [5.41, 5.74) is 6.74. The van der Waals surface area contributed by atoms with E-state index in [2.05, 4.69) is 46.2 Å². The molecule has 8 nitrogen and oxygen atoms in total. The Bertz CT molecular complexity index is 2040. The Balaban J connectivity index is 0.00000153. The summed E-state index contributed by atoms with van der Waals surface area (Å²) in [6.07, 6.45) is 6.94. The minimum absolute atomic E-state index is 0.00489. The predicted molar refractivity (Wildman–Crippen MR) is 174 cm³/mol. The minimum Gasteiger partial charge on any atom is -0.400 e. The van der Waals surface area contributed by atoms with Crippen LogP contribution in [0.5, 0.6) is 0 Å². The second kappa shape index (κ2) is 10.2. The van der Waals surface area contributed by atoms with Crippen LogP contribution in [0.3, 0.4) is 0 Å². The van der Waals surface area contributed by atoms with Gasteiger partial charge in [0.1, 0.15) is 12.0 Å². The summed E-state index contributed by atoms with van der Waals surface area (Å²) < 4.78 is 11.7. The molecule has 8 rings (SSSR count). The molecule has 8 heteroatoms. The van der Waals surface area contributed by atoms with Crippen LogP contribution in [0.2, 0.25) is 0 Å². The summed E-state index contributed by atoms with van der Waals surface area (Å²) in [7, 11) is 2.90. The highest BCUT2D eigenvalue weighted by molar-refractivity contribution is 6.28. The van der Waals surface area contributed by atoms with Gasteiger partial charge in [-0.3, -0.25) is 9.59 Å². The standard InChI is InChI=1S/C35H32N4O3.CH4O/c1-5-12-22-25(6-2)39-32-28(22)24-19-36-33(40)30(24)29-23-15-10-11-16-26(23)38(31(29)32)27-17-21(18-35(39,3)42-27)37(4)34(41)20-13-8-7-9-14-20;1-2/h5-16,21,27H,2,17-19H2,1,3-4H3,(H,36,40);2H,1H3/b12-5-;/t21-,27-,35+;/m1./s1. The number of nitrogens with one attached hydrogen (secondary N) is 1. The first-order chi connectivity index (χ1) is 21.4. The number of hydrogen-bond acceptors (Lipinski definition) is 4. The third-order valence-electron chi connectivity index (χ3n) is 9.54. The number of carbonyl (C=O) groups excluding carboxylic acids is 2. The smallest absolute Gasteiger partial charge is 0.253 e. The Morgan fingerprint density at radius 3 is 2.57 bits per heavy atom. The highest BCUT2D eigenvalue weighted by atomic mass is 16.5. The van der Waals surface area contributed by atoms with Crippen LogP contribution in [0.15, 0.2) is 67.3 Å². The van der Waals surface area contributed by atoms with Crippen LogP contribution in [0.25, 0.3) is 44.9 Å². The zero-order valence-electron chi connectivity index (χ0n) is 25.4. The van der Waals surface area contributed by atoms with Crippen molar-refractivity contribution < 1.29 is 19.4 Å². The van der Waals surface area contributed by atoms with Crippen molar-refractivity contribution in [1.82, 2.24) is 19.4 Å². The molecule has 44 heavy (non-hydrogen) atoms. The molecule has 0 radical (unpaired) electrons. The Labute approximate surface area is 255 Å². The molecule has 1 saturated heterocycles. The van der Waals surface area contributed by atoms with E-state index in [1.165, 1.54) is 0 Å². The maximum Gasteiger partial charge on any atom is 0.253 e. The van der Waals surface area contributed by atoms with Gasteiger partial charge in [-0.05, 0) is 43.7 Å². The molecule has 224 valence electrons. The fourth-order valence-electron chi connectivity index (χ4n) is 7.86. The SMILES string of the molecule is C=Cc1c(/C=C\C)c2c3c(c4c5ccccc5n5c4c2n1[C@]1(C)C[C@H](N(C)C(=O)c2ccccc2)C[C@H]5O1)C(=O)NC3.CO. The molecule has 2 bridgehead atoms. The second-order valence-corrected chi connectivity index (χ2v) is 11.8. The number of fused-ring (bicyclic) bond motifs is 10. The Kier molecular flexibility index (Phi) is 6.53. The maximum absolute atomic E-state index is 13.7. The summed E-state index contributed by atoms with van der Waals surface area (Å²) in [5, 5.41) is 13.2. The molecule has 3 atom stereocenters. The lowest BCUT2D eigenvalue weighted by Crippen LogP contribution is -2.50. The van der Waals surface area contributed by atoms with Gasteiger partial charge in [0.05, 0.1) is 27.8 Å². The zero-order valence-corrected chi connectivity index (χ0v) is 25.4. The number of carbonyl (C=O) groups is 2. The van der Waals surface area contributed by atoms with E-state index in [1.54, 1.807) is 0 Å². The van der Waals surface area contributed by atoms with Gasteiger partial charge in [0, 0.05) is 66.9 Å². The van der Waals surface area contributed by atoms with Crippen LogP contribution >= 0.6 is 0 Å². The van der Waals surface area contributed by atoms with Gasteiger partial charge >= 0.3 is 0 Å². The number of aliphatic hydroxyl groups excluding tert-OH is 1. The van der Waals surface area contributed by atoms with Crippen molar-refractivity contribution in [2.24, 2.45) is 0 Å². The molecule has 0 unspecified atom stereocenters. The first-order valence-corrected chi connectivity index (χ1v) is 15.0. The number of benzene rings is 3. The van der Waals surface area contributed by atoms with Crippen LogP contribution in [-0.2, 0) is 17.0 Å². The Morgan fingerprint density at radius 1 is 1.11 bits per heavy atom. The van der Waals surface area contributed by atoms with Crippen LogP contribution in [0, 0.1) is 0 Å². The lowest BCUT2D eigenvalue weighted by molar-refractivity contribution is -0.203. The molecule has 0 spiro atoms. The number of allylic oxidation sites excluding steroid dienone is 1. The third-order valence-corrected chi connectivity index (χ3v) is 9.54. The van der Waals surface area contributed by atoms with Crippen molar-refractivity contribution in [2.45, 2.75) is 51.2 Å². The van der Waals surface area contributed by atoms with Gasteiger partial charge in [-0.15, -0.1) is 0 Å². The normalized spacial score (nSPS) is 21.8. The molecule has 3 aliphatic rings. The Hall–Kier alpha value is -4.66. The number of amides is 2. The fourth-order valence-corrected chi connectivity index (χ4v) is 7.86. The second-order valence-electron chi connectivity index (χ2n) is 11.8. The van der Waals surface area contributed by atoms with E-state index in [9.17, 15) is 9.59 Å². The van der Waals surface area contributed by atoms with E-state index in [1.807, 2.05) is 73.5 Å². The lowest BCUT2D eigenvalue weighted by Gasteiger charge is -2.46. The molecule has 1 fully saturated rings. The number of nitrogens with zero attached hydrogens (tertiary/aromatic N) is 3. The van der Waals surface area contributed by atoms with E-state index in [0.717, 1.165) is 62.2 Å². The average molecular weight is 589 g/mol. The summed E-state index contributed by atoms with van der Waals surface area (Å²) >= 11 is 0. The summed E-state index contributed by atoms with van der Waals surface area (Å²) in [6.45, 7) is 8.88. The van der Waals surface area contributed by atoms with Crippen molar-refractivity contribution in [3.8, 4) is 0 Å². The van der Waals surface area contributed by atoms with E-state index >= 15 is 0 Å². The predicted octanol–water partition coefficient (Wildman–Crippen LogP) is 6.41. The van der Waals surface area contributed by atoms with Gasteiger partial charge in [-0.1, -0.05) is 55.1 Å². The van der Waals surface area contributed by atoms with Gasteiger partial charge < -0.3 is 29.2 Å². The number of aromatic nitrogens is 2. The van der Waals surface area contributed by atoms with Crippen LogP contribution in [-0.4, -0.2) is 51.2 Å².